The number of pyridine rings is 1. The van der Waals surface area contributed by atoms with Gasteiger partial charge in [0.15, 0.2) is 5.82 Å². The molecule has 1 amide bonds. The molecule has 2 aromatic carbocycles. The van der Waals surface area contributed by atoms with E-state index in [1.54, 1.807) is 6.07 Å². The number of carbonyl (C=O) groups excluding carboxylic acids is 1. The lowest BCUT2D eigenvalue weighted by atomic mass is 9.99. The lowest BCUT2D eigenvalue weighted by molar-refractivity contribution is 0.0995. The van der Waals surface area contributed by atoms with Gasteiger partial charge < -0.3 is 16.4 Å². The molecule has 1 fully saturated rings. The minimum atomic E-state index is -4.70. The van der Waals surface area contributed by atoms with E-state index in [0.717, 1.165) is 38.1 Å². The third-order valence-electron chi connectivity index (χ3n) is 6.43. The summed E-state index contributed by atoms with van der Waals surface area (Å²) in [5.41, 5.74) is 11.6. The Hall–Kier alpha value is -4.23. The zero-order chi connectivity index (χ0) is 29.0. The first kappa shape index (κ1) is 28.8. The molecule has 1 aliphatic rings. The molecule has 1 aromatic heterocycles. The molecular formula is C27H27F3N6O3S. The van der Waals surface area contributed by atoms with E-state index in [9.17, 15) is 22.0 Å². The molecule has 1 aliphatic heterocycles. The van der Waals surface area contributed by atoms with Crippen molar-refractivity contribution >= 4 is 39.1 Å². The third kappa shape index (κ3) is 6.49. The minimum absolute atomic E-state index is 0.0133. The summed E-state index contributed by atoms with van der Waals surface area (Å²) in [4.78, 5) is 21.5. The summed E-state index contributed by atoms with van der Waals surface area (Å²) in [5, 5.41) is 0. The average Bonchev–Trinajstić information content (AvgIpc) is 2.92. The molecule has 13 heteroatoms. The summed E-state index contributed by atoms with van der Waals surface area (Å²) < 4.78 is 71.0. The lowest BCUT2D eigenvalue weighted by Gasteiger charge is -2.26. The minimum Gasteiger partial charge on any atom is -0.398 e. The Bertz CT molecular complexity index is 1600. The van der Waals surface area contributed by atoms with Crippen molar-refractivity contribution in [2.75, 3.05) is 24.9 Å². The lowest BCUT2D eigenvalue weighted by Crippen LogP contribution is -2.32. The number of piperidine rings is 1. The van der Waals surface area contributed by atoms with Crippen LogP contribution >= 0.6 is 0 Å². The number of nitrogens with zero attached hydrogens (tertiary/aromatic N) is 3. The van der Waals surface area contributed by atoms with E-state index in [1.807, 2.05) is 11.8 Å². The van der Waals surface area contributed by atoms with Gasteiger partial charge >= 0.3 is 0 Å². The molecule has 9 nitrogen and oxygen atoms in total. The fourth-order valence-electron chi connectivity index (χ4n) is 4.20. The van der Waals surface area contributed by atoms with E-state index in [4.69, 9.17) is 11.5 Å². The number of amides is 1. The van der Waals surface area contributed by atoms with E-state index in [1.165, 1.54) is 30.6 Å². The first-order valence-electron chi connectivity index (χ1n) is 12.2. The molecule has 0 spiro atoms. The number of carbonyl (C=O) groups is 1. The second kappa shape index (κ2) is 11.9. The smallest absolute Gasteiger partial charge is 0.267 e. The van der Waals surface area contributed by atoms with Crippen LogP contribution in [0.4, 0.5) is 18.9 Å². The van der Waals surface area contributed by atoms with Gasteiger partial charge in [-0.05, 0) is 81.0 Å². The molecule has 0 atom stereocenters. The average molecular weight is 573 g/mol. The highest BCUT2D eigenvalue weighted by Crippen LogP contribution is 2.29. The SMILES string of the molecule is CN1CCC(N=CC(=C(N)c2cccc(NS(=O)(=O)c3cc(F)ccc3F)c2F)c2ccnc(C(N)=O)c2)CC1. The number of benzene rings is 2. The number of hydrogen-bond acceptors (Lipinski definition) is 7. The maximum absolute atomic E-state index is 15.7. The predicted octanol–water partition coefficient (Wildman–Crippen LogP) is 3.39. The van der Waals surface area contributed by atoms with Crippen molar-refractivity contribution < 1.29 is 26.4 Å². The van der Waals surface area contributed by atoms with Crippen molar-refractivity contribution in [2.45, 2.75) is 23.8 Å². The predicted molar refractivity (Wildman–Crippen MR) is 146 cm³/mol. The van der Waals surface area contributed by atoms with Gasteiger partial charge in [-0.1, -0.05) is 6.07 Å². The highest BCUT2D eigenvalue weighted by Gasteiger charge is 2.24. The molecule has 4 rings (SSSR count). The van der Waals surface area contributed by atoms with E-state index in [2.05, 4.69) is 14.9 Å². The Morgan fingerprint density at radius 3 is 2.52 bits per heavy atom. The number of halogens is 3. The molecule has 5 N–H and O–H groups in total. The summed E-state index contributed by atoms with van der Waals surface area (Å²) >= 11 is 0. The van der Waals surface area contributed by atoms with Crippen molar-refractivity contribution in [2.24, 2.45) is 16.5 Å². The van der Waals surface area contributed by atoms with E-state index >= 15 is 4.39 Å². The van der Waals surface area contributed by atoms with E-state index in [-0.39, 0.29) is 28.6 Å². The summed E-state index contributed by atoms with van der Waals surface area (Å²) in [7, 11) is -2.69. The van der Waals surface area contributed by atoms with Crippen LogP contribution in [0.15, 0.2) is 64.6 Å². The van der Waals surface area contributed by atoms with Crippen LogP contribution in [0.1, 0.15) is 34.5 Å². The quantitative estimate of drug-likeness (QED) is 0.353. The molecule has 210 valence electrons. The van der Waals surface area contributed by atoms with Gasteiger partial charge in [-0.3, -0.25) is 19.5 Å². The highest BCUT2D eigenvalue weighted by atomic mass is 32.2. The molecule has 40 heavy (non-hydrogen) atoms. The highest BCUT2D eigenvalue weighted by molar-refractivity contribution is 7.92. The Morgan fingerprint density at radius 1 is 1.10 bits per heavy atom. The number of anilines is 1. The van der Waals surface area contributed by atoms with E-state index < -0.39 is 44.0 Å². The summed E-state index contributed by atoms with van der Waals surface area (Å²) in [6.07, 6.45) is 4.43. The molecule has 3 aromatic rings. The van der Waals surface area contributed by atoms with Gasteiger partial charge in [-0.2, -0.15) is 0 Å². The Balaban J connectivity index is 1.78. The number of likely N-dealkylation sites (tertiary alicyclic amines) is 1. The van der Waals surface area contributed by atoms with Gasteiger partial charge in [-0.15, -0.1) is 0 Å². The van der Waals surface area contributed by atoms with Crippen LogP contribution in [0.3, 0.4) is 0 Å². The normalized spacial score (nSPS) is 15.7. The summed E-state index contributed by atoms with van der Waals surface area (Å²) in [6.45, 7) is 1.70. The van der Waals surface area contributed by atoms with E-state index in [0.29, 0.717) is 17.7 Å². The maximum atomic E-state index is 15.7. The summed E-state index contributed by atoms with van der Waals surface area (Å²) in [5.74, 6) is -4.03. The van der Waals surface area contributed by atoms with Crippen LogP contribution in [0.5, 0.6) is 0 Å². The zero-order valence-corrected chi connectivity index (χ0v) is 22.3. The number of aromatic nitrogens is 1. The first-order chi connectivity index (χ1) is 19.0. The molecule has 0 saturated carbocycles. The fraction of sp³-hybridized carbons (Fsp3) is 0.222. The second-order valence-corrected chi connectivity index (χ2v) is 10.9. The number of nitrogens with one attached hydrogen (secondary N) is 1. The van der Waals surface area contributed by atoms with Gasteiger partial charge in [0.2, 0.25) is 0 Å². The van der Waals surface area contributed by atoms with Crippen molar-refractivity contribution in [3.05, 3.63) is 89.0 Å². The number of sulfonamides is 1. The third-order valence-corrected chi connectivity index (χ3v) is 7.81. The van der Waals surface area contributed by atoms with Gasteiger partial charge in [-0.25, -0.2) is 21.6 Å². The standard InChI is InChI=1S/C27H27F3N6O3S/c1-36-11-8-18(9-12-36)34-15-20(16-7-10-33-23(13-16)27(32)37)26(31)19-3-2-4-22(25(19)30)35-40(38,39)24-14-17(28)5-6-21(24)29/h2-7,10,13-15,18,35H,8-9,11-12,31H2,1H3,(H2,32,37). The van der Waals surface area contributed by atoms with Crippen LogP contribution in [0.25, 0.3) is 11.3 Å². The Labute approximate surface area is 229 Å². The number of allylic oxidation sites excluding steroid dienone is 1. The number of aliphatic imine (C=N–C) groups is 1. The molecular weight excluding hydrogens is 545 g/mol. The van der Waals surface area contributed by atoms with Crippen LogP contribution in [0.2, 0.25) is 0 Å². The van der Waals surface area contributed by atoms with Crippen molar-refractivity contribution in [3.63, 3.8) is 0 Å². The second-order valence-electron chi connectivity index (χ2n) is 9.28. The molecule has 0 bridgehead atoms. The Morgan fingerprint density at radius 2 is 1.82 bits per heavy atom. The molecule has 0 unspecified atom stereocenters. The van der Waals surface area contributed by atoms with Crippen molar-refractivity contribution in [3.8, 4) is 0 Å². The summed E-state index contributed by atoms with van der Waals surface area (Å²) in [6, 6.07) is 8.62. The van der Waals surface area contributed by atoms with Gasteiger partial charge in [0.05, 0.1) is 17.4 Å². The number of primary amides is 1. The molecule has 0 aliphatic carbocycles. The largest absolute Gasteiger partial charge is 0.398 e. The van der Waals surface area contributed by atoms with Crippen LogP contribution in [0, 0.1) is 17.5 Å². The van der Waals surface area contributed by atoms with Gasteiger partial charge in [0.25, 0.3) is 15.9 Å². The number of nitrogens with two attached hydrogens (primary N) is 2. The van der Waals surface area contributed by atoms with Crippen LogP contribution in [-0.4, -0.2) is 56.6 Å². The monoisotopic (exact) mass is 572 g/mol. The zero-order valence-electron chi connectivity index (χ0n) is 21.4. The topological polar surface area (TPSA) is 144 Å². The van der Waals surface area contributed by atoms with Crippen LogP contribution < -0.4 is 16.2 Å². The Kier molecular flexibility index (Phi) is 8.55. The van der Waals surface area contributed by atoms with Crippen LogP contribution in [-0.2, 0) is 10.0 Å². The first-order valence-corrected chi connectivity index (χ1v) is 13.7. The van der Waals surface area contributed by atoms with Gasteiger partial charge in [0.1, 0.15) is 22.2 Å². The van der Waals surface area contributed by atoms with Crippen molar-refractivity contribution in [1.29, 1.82) is 0 Å². The van der Waals surface area contributed by atoms with Crippen molar-refractivity contribution in [1.82, 2.24) is 9.88 Å². The molecule has 1 saturated heterocycles. The number of rotatable bonds is 8. The number of hydrogen-bond donors (Lipinski definition) is 3. The maximum Gasteiger partial charge on any atom is 0.267 e. The molecule has 0 radical (unpaired) electrons. The van der Waals surface area contributed by atoms with Gasteiger partial charge in [0, 0.05) is 23.5 Å². The molecule has 2 heterocycles. The fourth-order valence-corrected chi connectivity index (χ4v) is 5.35.